The number of halogens is 3. The molecule has 0 amide bonds. The molecule has 0 radical (unpaired) electrons. The van der Waals surface area contributed by atoms with Crippen LogP contribution in [0.25, 0.3) is 0 Å². The summed E-state index contributed by atoms with van der Waals surface area (Å²) in [6, 6.07) is 1.47. The van der Waals surface area contributed by atoms with Crippen LogP contribution >= 0.6 is 0 Å². The first-order valence-electron chi connectivity index (χ1n) is 7.30. The Hall–Kier alpha value is -1.63. The quantitative estimate of drug-likeness (QED) is 0.872. The van der Waals surface area contributed by atoms with E-state index in [4.69, 9.17) is 0 Å². The lowest BCUT2D eigenvalue weighted by Crippen LogP contribution is -2.40. The van der Waals surface area contributed by atoms with E-state index >= 15 is 0 Å². The zero-order chi connectivity index (χ0) is 15.9. The minimum atomic E-state index is -4.60. The number of alkyl halides is 3. The molecular formula is C15H17F3N2O2. The van der Waals surface area contributed by atoms with Gasteiger partial charge in [-0.25, -0.2) is 4.98 Å². The number of ether oxygens (including phenoxy) is 1. The van der Waals surface area contributed by atoms with Crippen molar-refractivity contribution >= 4 is 5.78 Å². The number of aromatic nitrogens is 1. The van der Waals surface area contributed by atoms with E-state index in [9.17, 15) is 18.0 Å². The van der Waals surface area contributed by atoms with Crippen molar-refractivity contribution < 1.29 is 22.7 Å². The van der Waals surface area contributed by atoms with Gasteiger partial charge >= 0.3 is 6.18 Å². The molecule has 1 aromatic rings. The van der Waals surface area contributed by atoms with E-state index in [1.807, 2.05) is 0 Å². The number of nitrogens with one attached hydrogen (secondary N) is 1. The topological polar surface area (TPSA) is 51.2 Å². The molecular weight excluding hydrogens is 297 g/mol. The Morgan fingerprint density at radius 3 is 2.50 bits per heavy atom. The first kappa shape index (κ1) is 15.3. The third kappa shape index (κ3) is 2.82. The van der Waals surface area contributed by atoms with Crippen LogP contribution in [0.5, 0.6) is 5.88 Å². The number of pyridine rings is 1. The molecule has 0 aliphatic carbocycles. The van der Waals surface area contributed by atoms with Crippen LogP contribution in [-0.2, 0) is 6.18 Å². The van der Waals surface area contributed by atoms with E-state index in [2.05, 4.69) is 15.0 Å². The Balaban J connectivity index is 1.86. The van der Waals surface area contributed by atoms with Crippen LogP contribution in [0.15, 0.2) is 12.3 Å². The smallest absolute Gasteiger partial charge is 0.421 e. The minimum Gasteiger partial charge on any atom is -0.481 e. The van der Waals surface area contributed by atoms with Gasteiger partial charge < -0.3 is 10.1 Å². The van der Waals surface area contributed by atoms with Gasteiger partial charge in [0.05, 0.1) is 7.11 Å². The molecule has 2 unspecified atom stereocenters. The van der Waals surface area contributed by atoms with Crippen molar-refractivity contribution in [2.45, 2.75) is 43.9 Å². The number of rotatable bonds is 3. The number of hydrogen-bond acceptors (Lipinski definition) is 4. The molecule has 0 saturated carbocycles. The molecule has 1 aromatic heterocycles. The highest BCUT2D eigenvalue weighted by Gasteiger charge is 2.39. The van der Waals surface area contributed by atoms with Crippen LogP contribution < -0.4 is 10.1 Å². The summed E-state index contributed by atoms with van der Waals surface area (Å²) in [5.41, 5.74) is -0.989. The predicted molar refractivity (Wildman–Crippen MR) is 72.8 cm³/mol. The maximum Gasteiger partial charge on any atom is 0.421 e. The van der Waals surface area contributed by atoms with Crippen LogP contribution in [0, 0.1) is 5.92 Å². The van der Waals surface area contributed by atoms with E-state index in [1.54, 1.807) is 0 Å². The summed E-state index contributed by atoms with van der Waals surface area (Å²) >= 11 is 0. The van der Waals surface area contributed by atoms with E-state index in [0.717, 1.165) is 26.0 Å². The van der Waals surface area contributed by atoms with Gasteiger partial charge in [-0.1, -0.05) is 0 Å². The second kappa shape index (κ2) is 5.53. The number of carbonyl (C=O) groups excluding carboxylic acids is 1. The lowest BCUT2D eigenvalue weighted by molar-refractivity contribution is -0.139. The maximum absolute atomic E-state index is 13.0. The number of nitrogens with zero attached hydrogens (tertiary/aromatic N) is 1. The van der Waals surface area contributed by atoms with E-state index in [0.29, 0.717) is 24.9 Å². The molecule has 3 rings (SSSR count). The number of hydrogen-bond donors (Lipinski definition) is 1. The van der Waals surface area contributed by atoms with Crippen LogP contribution in [0.3, 0.4) is 0 Å². The summed E-state index contributed by atoms with van der Waals surface area (Å²) < 4.78 is 43.7. The zero-order valence-corrected chi connectivity index (χ0v) is 12.1. The highest BCUT2D eigenvalue weighted by molar-refractivity contribution is 5.98. The number of carbonyl (C=O) groups is 1. The van der Waals surface area contributed by atoms with E-state index < -0.39 is 17.6 Å². The zero-order valence-electron chi connectivity index (χ0n) is 12.1. The normalized spacial score (nSPS) is 27.7. The molecule has 2 fully saturated rings. The molecule has 120 valence electrons. The van der Waals surface area contributed by atoms with Gasteiger partial charge in [-0.05, 0) is 31.7 Å². The summed E-state index contributed by atoms with van der Waals surface area (Å²) in [6.45, 7) is 0. The molecule has 0 spiro atoms. The summed E-state index contributed by atoms with van der Waals surface area (Å²) in [4.78, 5) is 16.2. The van der Waals surface area contributed by atoms with Crippen LogP contribution in [-0.4, -0.2) is 30.0 Å². The van der Waals surface area contributed by atoms with Crippen molar-refractivity contribution in [2.24, 2.45) is 5.92 Å². The maximum atomic E-state index is 13.0. The van der Waals surface area contributed by atoms with Crippen molar-refractivity contribution in [3.63, 3.8) is 0 Å². The molecule has 2 saturated heterocycles. The molecule has 22 heavy (non-hydrogen) atoms. The number of fused-ring (bicyclic) bond motifs is 2. The Morgan fingerprint density at radius 2 is 1.95 bits per heavy atom. The van der Waals surface area contributed by atoms with Gasteiger partial charge in [0.25, 0.3) is 0 Å². The fraction of sp³-hybridized carbons (Fsp3) is 0.600. The largest absolute Gasteiger partial charge is 0.481 e. The molecule has 2 atom stereocenters. The highest BCUT2D eigenvalue weighted by atomic mass is 19.4. The van der Waals surface area contributed by atoms with Crippen molar-refractivity contribution in [3.8, 4) is 5.88 Å². The Kier molecular flexibility index (Phi) is 3.84. The number of methoxy groups -OCH3 is 1. The molecule has 1 N–H and O–H groups in total. The van der Waals surface area contributed by atoms with Gasteiger partial charge in [0.15, 0.2) is 5.78 Å². The second-order valence-electron chi connectivity index (χ2n) is 5.95. The summed E-state index contributed by atoms with van der Waals surface area (Å²) in [6.07, 6.45) is 0.0137. The monoisotopic (exact) mass is 314 g/mol. The highest BCUT2D eigenvalue weighted by Crippen LogP contribution is 2.37. The summed E-state index contributed by atoms with van der Waals surface area (Å²) in [5, 5.41) is 3.41. The van der Waals surface area contributed by atoms with Crippen LogP contribution in [0.2, 0.25) is 0 Å². The SMILES string of the molecule is COc1ncc(C(=O)C2CC3CCC(C2)N3)cc1C(F)(F)F. The molecule has 7 heteroatoms. The first-order valence-corrected chi connectivity index (χ1v) is 7.30. The van der Waals surface area contributed by atoms with Crippen LogP contribution in [0.4, 0.5) is 13.2 Å². The molecule has 3 heterocycles. The summed E-state index contributed by atoms with van der Waals surface area (Å²) in [7, 11) is 1.13. The van der Waals surface area contributed by atoms with Crippen molar-refractivity contribution in [2.75, 3.05) is 7.11 Å². The van der Waals surface area contributed by atoms with Gasteiger partial charge in [0, 0.05) is 29.8 Å². The minimum absolute atomic E-state index is 0.0134. The fourth-order valence-electron chi connectivity index (χ4n) is 3.46. The Bertz CT molecular complexity index is 577. The number of piperidine rings is 1. The number of ketones is 1. The lowest BCUT2D eigenvalue weighted by Gasteiger charge is -2.28. The van der Waals surface area contributed by atoms with Gasteiger partial charge in [-0.15, -0.1) is 0 Å². The molecule has 2 aliphatic heterocycles. The van der Waals surface area contributed by atoms with Crippen molar-refractivity contribution in [1.29, 1.82) is 0 Å². The van der Waals surface area contributed by atoms with Gasteiger partial charge in [0.2, 0.25) is 5.88 Å². The summed E-state index contributed by atoms with van der Waals surface area (Å²) in [5.74, 6) is -0.983. The average Bonchev–Trinajstić information content (AvgIpc) is 2.83. The number of Topliss-reactive ketones (excluding diaryl/α,β-unsaturated/α-hetero) is 1. The fourth-order valence-corrected chi connectivity index (χ4v) is 3.46. The van der Waals surface area contributed by atoms with E-state index in [-0.39, 0.29) is 17.3 Å². The first-order chi connectivity index (χ1) is 10.4. The molecule has 4 nitrogen and oxygen atoms in total. The Morgan fingerprint density at radius 1 is 1.32 bits per heavy atom. The van der Waals surface area contributed by atoms with Crippen LogP contribution in [0.1, 0.15) is 41.6 Å². The predicted octanol–water partition coefficient (Wildman–Crippen LogP) is 2.82. The van der Waals surface area contributed by atoms with Gasteiger partial charge in [-0.3, -0.25) is 4.79 Å². The van der Waals surface area contributed by atoms with Crippen molar-refractivity contribution in [3.05, 3.63) is 23.4 Å². The standard InChI is InChI=1S/C15H17F3N2O2/c1-22-14-12(15(16,17)18)6-9(7-19-14)13(21)8-4-10-2-3-11(5-8)20-10/h6-8,10-11,20H,2-5H2,1H3. The van der Waals surface area contributed by atoms with Gasteiger partial charge in [-0.2, -0.15) is 13.2 Å². The lowest BCUT2D eigenvalue weighted by atomic mass is 9.86. The molecule has 2 bridgehead atoms. The third-order valence-corrected chi connectivity index (χ3v) is 4.48. The third-order valence-electron chi connectivity index (χ3n) is 4.48. The average molecular weight is 314 g/mol. The second-order valence-corrected chi connectivity index (χ2v) is 5.95. The van der Waals surface area contributed by atoms with Crippen molar-refractivity contribution in [1.82, 2.24) is 10.3 Å². The Labute approximate surface area is 126 Å². The molecule has 0 aromatic carbocycles. The van der Waals surface area contributed by atoms with E-state index in [1.165, 1.54) is 6.20 Å². The van der Waals surface area contributed by atoms with Gasteiger partial charge in [0.1, 0.15) is 5.56 Å². The molecule has 2 aliphatic rings.